The van der Waals surface area contributed by atoms with Gasteiger partial charge >= 0.3 is 11.9 Å². The molecule has 4 aromatic rings. The number of carbonyl (C=O) groups is 2. The van der Waals surface area contributed by atoms with Gasteiger partial charge in [0.15, 0.2) is 11.5 Å². The third-order valence-corrected chi connectivity index (χ3v) is 11.4. The number of piperidine rings is 3. The third-order valence-electron chi connectivity index (χ3n) is 9.73. The van der Waals surface area contributed by atoms with Crippen molar-refractivity contribution in [2.45, 2.75) is 50.4 Å². The lowest BCUT2D eigenvalue weighted by molar-refractivity contribution is -0.165. The number of carbonyl (C=O) groups excluding carboxylic acids is 2. The molecule has 0 saturated carbocycles. The fourth-order valence-electron chi connectivity index (χ4n) is 6.71. The van der Waals surface area contributed by atoms with Gasteiger partial charge < -0.3 is 24.3 Å². The molecule has 2 aromatic heterocycles. The maximum Gasteiger partial charge on any atom is 0.348 e. The van der Waals surface area contributed by atoms with Crippen molar-refractivity contribution >= 4 is 46.5 Å². The molecule has 0 radical (unpaired) electrons. The lowest BCUT2D eigenvalue weighted by Crippen LogP contribution is -2.54. The van der Waals surface area contributed by atoms with Crippen molar-refractivity contribution in [3.05, 3.63) is 110 Å². The molecule has 1 unspecified atom stereocenters. The lowest BCUT2D eigenvalue weighted by Gasteiger charge is -2.45. The van der Waals surface area contributed by atoms with E-state index in [2.05, 4.69) is 15.2 Å². The number of nitrogens with zero attached hydrogens (tertiary/aromatic N) is 2. The van der Waals surface area contributed by atoms with Gasteiger partial charge in [-0.3, -0.25) is 14.7 Å². The Hall–Kier alpha value is -3.67. The van der Waals surface area contributed by atoms with Crippen molar-refractivity contribution in [1.29, 1.82) is 0 Å². The molecule has 0 amide bonds. The fourth-order valence-corrected chi connectivity index (χ4v) is 8.09. The number of nitrogens with one attached hydrogen (secondary N) is 1. The molecule has 3 aliphatic heterocycles. The topological polar surface area (TPSA) is 99.2 Å². The van der Waals surface area contributed by atoms with Crippen LogP contribution in [0.5, 0.6) is 11.5 Å². The van der Waals surface area contributed by atoms with Gasteiger partial charge in [0.05, 0.1) is 24.3 Å². The van der Waals surface area contributed by atoms with Gasteiger partial charge in [-0.05, 0) is 79.7 Å². The normalized spacial score (nSPS) is 20.1. The van der Waals surface area contributed by atoms with E-state index in [9.17, 15) is 9.59 Å². The Bertz CT molecular complexity index is 1780. The summed E-state index contributed by atoms with van der Waals surface area (Å²) >= 11 is 14.2. The lowest BCUT2D eigenvalue weighted by atomic mass is 9.81. The van der Waals surface area contributed by atoms with E-state index in [0.29, 0.717) is 56.6 Å². The van der Waals surface area contributed by atoms with Gasteiger partial charge in [0.1, 0.15) is 22.5 Å². The van der Waals surface area contributed by atoms with Gasteiger partial charge in [0.25, 0.3) is 0 Å². The molecule has 1 N–H and O–H groups in total. The molecule has 2 aromatic carbocycles. The number of hydrogen-bond donors (Lipinski definition) is 1. The molecule has 50 heavy (non-hydrogen) atoms. The minimum atomic E-state index is -0.894. The zero-order chi connectivity index (χ0) is 35.3. The van der Waals surface area contributed by atoms with Crippen molar-refractivity contribution in [3.8, 4) is 11.5 Å². The van der Waals surface area contributed by atoms with Crippen LogP contribution in [-0.2, 0) is 32.6 Å². The van der Waals surface area contributed by atoms with Gasteiger partial charge in [-0.1, -0.05) is 59.6 Å². The number of ether oxygens (including phenoxy) is 4. The Labute approximate surface area is 306 Å². The van der Waals surface area contributed by atoms with Gasteiger partial charge in [0, 0.05) is 43.3 Å². The summed E-state index contributed by atoms with van der Waals surface area (Å²) in [5, 5.41) is 4.21. The minimum Gasteiger partial charge on any atom is -0.493 e. The zero-order valence-corrected chi connectivity index (χ0v) is 30.7. The van der Waals surface area contributed by atoms with Crippen molar-refractivity contribution < 1.29 is 28.5 Å². The Kier molecular flexibility index (Phi) is 11.7. The van der Waals surface area contributed by atoms with Gasteiger partial charge in [-0.15, -0.1) is 11.3 Å². The summed E-state index contributed by atoms with van der Waals surface area (Å²) < 4.78 is 23.3. The van der Waals surface area contributed by atoms with E-state index in [4.69, 9.17) is 42.1 Å². The average Bonchev–Trinajstić information content (AvgIpc) is 3.62. The summed E-state index contributed by atoms with van der Waals surface area (Å²) in [6.07, 6.45) is 4.56. The van der Waals surface area contributed by atoms with E-state index in [1.165, 1.54) is 23.7 Å². The molecular weight excluding hydrogens is 697 g/mol. The van der Waals surface area contributed by atoms with Crippen LogP contribution in [0.1, 0.15) is 57.1 Å². The van der Waals surface area contributed by atoms with E-state index in [0.717, 1.165) is 42.9 Å². The number of thiophene rings is 1. The predicted molar refractivity (Wildman–Crippen MR) is 195 cm³/mol. The Morgan fingerprint density at radius 3 is 2.38 bits per heavy atom. The summed E-state index contributed by atoms with van der Waals surface area (Å²) in [6, 6.07) is 18.8. The first-order valence-corrected chi connectivity index (χ1v) is 18.2. The molecule has 264 valence electrons. The molecule has 12 heteroatoms. The number of halogens is 2. The van der Waals surface area contributed by atoms with Crippen LogP contribution in [0.2, 0.25) is 10.0 Å². The van der Waals surface area contributed by atoms with Gasteiger partial charge in [-0.2, -0.15) is 0 Å². The second kappa shape index (κ2) is 16.1. The fraction of sp³-hybridized carbons (Fsp3) is 0.395. The summed E-state index contributed by atoms with van der Waals surface area (Å²) in [5.74, 6) is 0.759. The molecule has 3 saturated heterocycles. The van der Waals surface area contributed by atoms with Crippen molar-refractivity contribution in [2.75, 3.05) is 40.4 Å². The molecule has 7 rings (SSSR count). The number of aromatic nitrogens is 1. The largest absolute Gasteiger partial charge is 0.493 e. The number of fused-ring (bicyclic) bond motifs is 3. The molecule has 3 atom stereocenters. The number of methoxy groups -OCH3 is 2. The maximum absolute atomic E-state index is 13.8. The average molecular weight is 739 g/mol. The number of esters is 2. The highest BCUT2D eigenvalue weighted by Gasteiger charge is 2.42. The van der Waals surface area contributed by atoms with E-state index in [1.54, 1.807) is 32.4 Å². The highest BCUT2D eigenvalue weighted by atomic mass is 35.5. The second-order valence-corrected chi connectivity index (χ2v) is 14.9. The van der Waals surface area contributed by atoms with E-state index in [-0.39, 0.29) is 18.5 Å². The second-order valence-electron chi connectivity index (χ2n) is 12.9. The monoisotopic (exact) mass is 737 g/mol. The smallest absolute Gasteiger partial charge is 0.348 e. The van der Waals surface area contributed by atoms with Crippen LogP contribution >= 0.6 is 34.5 Å². The first kappa shape index (κ1) is 36.1. The molecule has 0 aliphatic carbocycles. The number of rotatable bonds is 14. The number of benzene rings is 2. The van der Waals surface area contributed by atoms with Crippen LogP contribution in [0.25, 0.3) is 0 Å². The molecule has 3 aliphatic rings. The maximum atomic E-state index is 13.8. The van der Waals surface area contributed by atoms with Crippen LogP contribution in [0.15, 0.2) is 73.1 Å². The van der Waals surface area contributed by atoms with Gasteiger partial charge in [-0.25, -0.2) is 4.79 Å². The molecule has 9 nitrogen and oxygen atoms in total. The van der Waals surface area contributed by atoms with Crippen LogP contribution in [0.4, 0.5) is 0 Å². The standard InChI is InChI=1S/C38H41Cl2N3O6S/c1-38(26-7-5-4-6-8-26,37(45)49-34-22-43-15-13-24(34)14-16-43)23-42-19-27-10-12-35(50-27)36(44)48-32(18-28-29(39)20-41-21-30(28)40)25-9-11-31(46-2)33(17-25)47-3/h4-12,17,20-21,24,32,34,42H,13-16,18-19,22-23H2,1-3H3/t32-,34-,38?/m0/s1. The molecule has 3 fully saturated rings. The zero-order valence-electron chi connectivity index (χ0n) is 28.3. The first-order chi connectivity index (χ1) is 24.2. The summed E-state index contributed by atoms with van der Waals surface area (Å²) in [6.45, 7) is 5.72. The van der Waals surface area contributed by atoms with E-state index in [1.807, 2.05) is 49.4 Å². The van der Waals surface area contributed by atoms with Crippen molar-refractivity contribution in [3.63, 3.8) is 0 Å². The van der Waals surface area contributed by atoms with Crippen LogP contribution < -0.4 is 14.8 Å². The highest BCUT2D eigenvalue weighted by Crippen LogP contribution is 2.37. The SMILES string of the molecule is COc1ccc([C@H](Cc2c(Cl)cncc2Cl)OC(=O)c2ccc(CNCC(C)(C(=O)O[C@H]3CN4CCC3CC4)c3ccccc3)s2)cc1OC. The summed E-state index contributed by atoms with van der Waals surface area (Å²) in [5.41, 5.74) is 1.29. The van der Waals surface area contributed by atoms with Gasteiger partial charge in [0.2, 0.25) is 0 Å². The highest BCUT2D eigenvalue weighted by molar-refractivity contribution is 7.13. The number of hydrogen-bond acceptors (Lipinski definition) is 10. The van der Waals surface area contributed by atoms with E-state index < -0.39 is 17.5 Å². The molecular formula is C38H41Cl2N3O6S. The first-order valence-electron chi connectivity index (χ1n) is 16.7. The Morgan fingerprint density at radius 2 is 1.72 bits per heavy atom. The van der Waals surface area contributed by atoms with Crippen molar-refractivity contribution in [1.82, 2.24) is 15.2 Å². The Balaban J connectivity index is 1.14. The molecule has 5 heterocycles. The third kappa shape index (κ3) is 8.11. The number of pyridine rings is 1. The van der Waals surface area contributed by atoms with Crippen LogP contribution in [-0.4, -0.2) is 68.3 Å². The molecule has 0 spiro atoms. The Morgan fingerprint density at radius 1 is 1.00 bits per heavy atom. The van der Waals surface area contributed by atoms with Crippen LogP contribution in [0, 0.1) is 5.92 Å². The predicted octanol–water partition coefficient (Wildman–Crippen LogP) is 7.29. The molecule has 2 bridgehead atoms. The summed E-state index contributed by atoms with van der Waals surface area (Å²) in [7, 11) is 3.10. The van der Waals surface area contributed by atoms with Crippen LogP contribution in [0.3, 0.4) is 0 Å². The minimum absolute atomic E-state index is 0.0765. The van der Waals surface area contributed by atoms with E-state index >= 15 is 0 Å². The summed E-state index contributed by atoms with van der Waals surface area (Å²) in [4.78, 5) is 35.2. The van der Waals surface area contributed by atoms with Crippen molar-refractivity contribution in [2.24, 2.45) is 5.92 Å². The quantitative estimate of drug-likeness (QED) is 0.134.